The molecule has 0 heterocycles. The van der Waals surface area contributed by atoms with Gasteiger partial charge in [-0.2, -0.15) is 0 Å². The summed E-state index contributed by atoms with van der Waals surface area (Å²) in [6, 6.07) is 0. The molecule has 0 N–H and O–H groups in total. The minimum atomic E-state index is -0.219. The lowest BCUT2D eigenvalue weighted by Crippen LogP contribution is -2.34. The van der Waals surface area contributed by atoms with E-state index in [2.05, 4.69) is 6.92 Å². The second-order valence-corrected chi connectivity index (χ2v) is 5.67. The molecule has 0 unspecified atom stereocenters. The van der Waals surface area contributed by atoms with Gasteiger partial charge in [0.15, 0.2) is 0 Å². The van der Waals surface area contributed by atoms with Crippen molar-refractivity contribution in [2.24, 2.45) is 17.3 Å². The summed E-state index contributed by atoms with van der Waals surface area (Å²) in [5.74, 6) is 0.397. The van der Waals surface area contributed by atoms with Crippen LogP contribution in [-0.4, -0.2) is 18.9 Å². The van der Waals surface area contributed by atoms with Crippen LogP contribution in [0.2, 0.25) is 0 Å². The molecule has 1 saturated carbocycles. The summed E-state index contributed by atoms with van der Waals surface area (Å²) in [5.41, 5.74) is -0.219. The Morgan fingerprint density at radius 2 is 1.59 bits per heavy atom. The fourth-order valence-electron chi connectivity index (χ4n) is 2.48. The number of hydrogen-bond donors (Lipinski definition) is 0. The maximum absolute atomic E-state index is 12.3. The molecular weight excluding hydrogens is 216 g/mol. The molecule has 0 radical (unpaired) electrons. The number of hydrogen-bond acceptors (Lipinski definition) is 3. The van der Waals surface area contributed by atoms with Crippen molar-refractivity contribution in [1.29, 1.82) is 0 Å². The average molecular weight is 240 g/mol. The largest absolute Gasteiger partial charge is 0.469 e. The molecule has 3 nitrogen and oxygen atoms in total. The van der Waals surface area contributed by atoms with Crippen LogP contribution in [0.5, 0.6) is 0 Å². The van der Waals surface area contributed by atoms with Crippen molar-refractivity contribution in [2.75, 3.05) is 7.11 Å². The number of methoxy groups -OCH3 is 1. The molecule has 98 valence electrons. The molecular formula is C14H24O3. The number of carbonyl (C=O) groups excluding carboxylic acids is 2. The number of Topliss-reactive ketones (excluding diaryl/α,β-unsaturated/α-hetero) is 1. The van der Waals surface area contributed by atoms with Crippen molar-refractivity contribution < 1.29 is 14.3 Å². The first kappa shape index (κ1) is 14.2. The van der Waals surface area contributed by atoms with E-state index in [-0.39, 0.29) is 23.2 Å². The molecule has 1 rings (SSSR count). The predicted octanol–water partition coefficient (Wildman–Crippen LogP) is 2.97. The van der Waals surface area contributed by atoms with E-state index in [1.54, 1.807) is 0 Å². The van der Waals surface area contributed by atoms with Crippen molar-refractivity contribution in [2.45, 2.75) is 52.9 Å². The van der Waals surface area contributed by atoms with E-state index in [0.29, 0.717) is 5.78 Å². The Morgan fingerprint density at radius 3 is 2.00 bits per heavy atom. The van der Waals surface area contributed by atoms with Crippen LogP contribution in [0.1, 0.15) is 52.9 Å². The highest BCUT2D eigenvalue weighted by molar-refractivity contribution is 5.86. The molecule has 3 heteroatoms. The molecule has 0 atom stereocenters. The highest BCUT2D eigenvalue weighted by Gasteiger charge is 2.36. The third kappa shape index (κ3) is 3.30. The third-order valence-electron chi connectivity index (χ3n) is 4.18. The fourth-order valence-corrected chi connectivity index (χ4v) is 2.48. The van der Waals surface area contributed by atoms with Gasteiger partial charge in [0, 0.05) is 11.3 Å². The number of carbonyl (C=O) groups is 2. The van der Waals surface area contributed by atoms with Gasteiger partial charge in [0.1, 0.15) is 5.78 Å². The van der Waals surface area contributed by atoms with Gasteiger partial charge in [0.2, 0.25) is 0 Å². The minimum Gasteiger partial charge on any atom is -0.469 e. The third-order valence-corrected chi connectivity index (χ3v) is 4.18. The summed E-state index contributed by atoms with van der Waals surface area (Å²) in [6.45, 7) is 6.08. The van der Waals surface area contributed by atoms with Crippen LogP contribution in [0.25, 0.3) is 0 Å². The topological polar surface area (TPSA) is 43.4 Å². The molecule has 0 aromatic heterocycles. The molecule has 1 aliphatic rings. The van der Waals surface area contributed by atoms with Gasteiger partial charge in [0.25, 0.3) is 0 Å². The van der Waals surface area contributed by atoms with Crippen molar-refractivity contribution >= 4 is 11.8 Å². The molecule has 0 bridgehead atoms. The first-order valence-corrected chi connectivity index (χ1v) is 6.54. The SMILES string of the molecule is CCC(C)(C)C(=O)C1CCC(C(=O)OC)CC1. The molecule has 0 amide bonds. The quantitative estimate of drug-likeness (QED) is 0.709. The number of rotatable bonds is 4. The molecule has 1 aliphatic carbocycles. The zero-order valence-corrected chi connectivity index (χ0v) is 11.4. The van der Waals surface area contributed by atoms with E-state index >= 15 is 0 Å². The van der Waals surface area contributed by atoms with Crippen LogP contribution in [0.4, 0.5) is 0 Å². The van der Waals surface area contributed by atoms with Crippen LogP contribution in [0, 0.1) is 17.3 Å². The van der Waals surface area contributed by atoms with Crippen LogP contribution in [0.3, 0.4) is 0 Å². The molecule has 0 saturated heterocycles. The van der Waals surface area contributed by atoms with E-state index in [1.807, 2.05) is 13.8 Å². The van der Waals surface area contributed by atoms with E-state index in [9.17, 15) is 9.59 Å². The van der Waals surface area contributed by atoms with Gasteiger partial charge in [-0.05, 0) is 32.1 Å². The molecule has 17 heavy (non-hydrogen) atoms. The highest BCUT2D eigenvalue weighted by atomic mass is 16.5. The zero-order chi connectivity index (χ0) is 13.1. The second-order valence-electron chi connectivity index (χ2n) is 5.67. The predicted molar refractivity (Wildman–Crippen MR) is 66.5 cm³/mol. The van der Waals surface area contributed by atoms with Gasteiger partial charge in [-0.3, -0.25) is 9.59 Å². The lowest BCUT2D eigenvalue weighted by molar-refractivity contribution is -0.148. The lowest BCUT2D eigenvalue weighted by atomic mass is 9.72. The van der Waals surface area contributed by atoms with E-state index in [0.717, 1.165) is 32.1 Å². The van der Waals surface area contributed by atoms with E-state index < -0.39 is 0 Å². The Bertz CT molecular complexity index is 286. The van der Waals surface area contributed by atoms with Gasteiger partial charge in [-0.15, -0.1) is 0 Å². The highest BCUT2D eigenvalue weighted by Crippen LogP contribution is 2.35. The maximum atomic E-state index is 12.3. The molecule has 0 spiro atoms. The summed E-state index contributed by atoms with van der Waals surface area (Å²) in [4.78, 5) is 23.7. The Morgan fingerprint density at radius 1 is 1.12 bits per heavy atom. The first-order valence-electron chi connectivity index (χ1n) is 6.54. The molecule has 1 fully saturated rings. The Labute approximate surface area is 104 Å². The van der Waals surface area contributed by atoms with Crippen LogP contribution >= 0.6 is 0 Å². The van der Waals surface area contributed by atoms with Crippen molar-refractivity contribution in [1.82, 2.24) is 0 Å². The van der Waals surface area contributed by atoms with Gasteiger partial charge in [0.05, 0.1) is 13.0 Å². The lowest BCUT2D eigenvalue weighted by Gasteiger charge is -2.31. The summed E-state index contributed by atoms with van der Waals surface area (Å²) >= 11 is 0. The maximum Gasteiger partial charge on any atom is 0.308 e. The van der Waals surface area contributed by atoms with Gasteiger partial charge in [-0.1, -0.05) is 20.8 Å². The zero-order valence-electron chi connectivity index (χ0n) is 11.4. The fraction of sp³-hybridized carbons (Fsp3) is 0.857. The Balaban J connectivity index is 2.52. The molecule has 0 aliphatic heterocycles. The Hall–Kier alpha value is -0.860. The van der Waals surface area contributed by atoms with Gasteiger partial charge < -0.3 is 4.74 Å². The second kappa shape index (κ2) is 5.65. The number of ether oxygens (including phenoxy) is 1. The Kier molecular flexibility index (Phi) is 4.72. The van der Waals surface area contributed by atoms with Crippen LogP contribution < -0.4 is 0 Å². The smallest absolute Gasteiger partial charge is 0.308 e. The molecule has 0 aromatic carbocycles. The van der Waals surface area contributed by atoms with Crippen LogP contribution in [0.15, 0.2) is 0 Å². The summed E-state index contributed by atoms with van der Waals surface area (Å²) in [6.07, 6.45) is 4.14. The number of esters is 1. The minimum absolute atomic E-state index is 0.00814. The van der Waals surface area contributed by atoms with Crippen LogP contribution in [-0.2, 0) is 14.3 Å². The van der Waals surface area contributed by atoms with Gasteiger partial charge in [-0.25, -0.2) is 0 Å². The standard InChI is InChI=1S/C14H24O3/c1-5-14(2,3)12(15)10-6-8-11(9-7-10)13(16)17-4/h10-11H,5-9H2,1-4H3. The van der Waals surface area contributed by atoms with Crippen molar-refractivity contribution in [3.8, 4) is 0 Å². The summed E-state index contributed by atoms with van der Waals surface area (Å²) in [7, 11) is 1.43. The van der Waals surface area contributed by atoms with Crippen molar-refractivity contribution in [3.05, 3.63) is 0 Å². The molecule has 0 aromatic rings. The van der Waals surface area contributed by atoms with E-state index in [4.69, 9.17) is 4.74 Å². The normalized spacial score (nSPS) is 25.4. The summed E-state index contributed by atoms with van der Waals surface area (Å²) in [5, 5.41) is 0. The first-order chi connectivity index (χ1) is 7.92. The number of ketones is 1. The van der Waals surface area contributed by atoms with Gasteiger partial charge >= 0.3 is 5.97 Å². The average Bonchev–Trinajstić information content (AvgIpc) is 2.37. The van der Waals surface area contributed by atoms with E-state index in [1.165, 1.54) is 7.11 Å². The monoisotopic (exact) mass is 240 g/mol. The van der Waals surface area contributed by atoms with Crippen molar-refractivity contribution in [3.63, 3.8) is 0 Å². The summed E-state index contributed by atoms with van der Waals surface area (Å²) < 4.78 is 4.75.